The number of nitrogens with one attached hydrogen (secondary N) is 1. The molecule has 5 nitrogen and oxygen atoms in total. The highest BCUT2D eigenvalue weighted by Gasteiger charge is 2.20. The summed E-state index contributed by atoms with van der Waals surface area (Å²) in [5.74, 6) is 0.269. The van der Waals surface area contributed by atoms with Crippen LogP contribution < -0.4 is 5.32 Å². The lowest BCUT2D eigenvalue weighted by Gasteiger charge is -2.18. The van der Waals surface area contributed by atoms with Crippen LogP contribution >= 0.6 is 11.3 Å². The monoisotopic (exact) mass is 277 g/mol. The second-order valence-electron chi connectivity index (χ2n) is 4.88. The Kier molecular flexibility index (Phi) is 3.80. The Balaban J connectivity index is 2.05. The number of nitrogens with zero attached hydrogens (tertiary/aromatic N) is 2. The van der Waals surface area contributed by atoms with E-state index in [0.717, 1.165) is 0 Å². The summed E-state index contributed by atoms with van der Waals surface area (Å²) in [6.45, 7) is 5.47. The Morgan fingerprint density at radius 1 is 1.37 bits per heavy atom. The summed E-state index contributed by atoms with van der Waals surface area (Å²) in [6, 6.07) is 5.53. The predicted octanol–water partition coefficient (Wildman–Crippen LogP) is 3.24. The van der Waals surface area contributed by atoms with Crippen molar-refractivity contribution in [1.82, 2.24) is 9.97 Å². The average molecular weight is 277 g/mol. The summed E-state index contributed by atoms with van der Waals surface area (Å²) in [7, 11) is 0. The van der Waals surface area contributed by atoms with Crippen LogP contribution in [0.15, 0.2) is 29.8 Å². The van der Waals surface area contributed by atoms with Gasteiger partial charge in [-0.2, -0.15) is 0 Å². The molecule has 0 spiro atoms. The van der Waals surface area contributed by atoms with Gasteiger partial charge >= 0.3 is 5.97 Å². The van der Waals surface area contributed by atoms with Crippen molar-refractivity contribution in [3.63, 3.8) is 0 Å². The maximum Gasteiger partial charge on any atom is 0.358 e. The number of esters is 1. The van der Waals surface area contributed by atoms with Crippen molar-refractivity contribution in [2.75, 3.05) is 5.32 Å². The molecule has 0 radical (unpaired) electrons. The van der Waals surface area contributed by atoms with E-state index in [1.165, 1.54) is 11.3 Å². The van der Waals surface area contributed by atoms with Crippen LogP contribution in [-0.2, 0) is 4.74 Å². The predicted molar refractivity (Wildman–Crippen MR) is 74.8 cm³/mol. The number of pyridine rings is 1. The van der Waals surface area contributed by atoms with Crippen molar-refractivity contribution in [1.29, 1.82) is 0 Å². The maximum atomic E-state index is 11.8. The van der Waals surface area contributed by atoms with Crippen LogP contribution in [0.25, 0.3) is 0 Å². The fourth-order valence-corrected chi connectivity index (χ4v) is 1.99. The molecule has 100 valence electrons. The van der Waals surface area contributed by atoms with E-state index in [1.807, 2.05) is 39.0 Å². The van der Waals surface area contributed by atoms with E-state index < -0.39 is 11.6 Å². The first-order valence-electron chi connectivity index (χ1n) is 5.81. The normalized spacial score (nSPS) is 11.1. The Morgan fingerprint density at radius 3 is 2.79 bits per heavy atom. The molecule has 0 saturated heterocycles. The topological polar surface area (TPSA) is 64.1 Å². The molecule has 2 aromatic rings. The summed E-state index contributed by atoms with van der Waals surface area (Å²) in [5.41, 5.74) is -0.215. The summed E-state index contributed by atoms with van der Waals surface area (Å²) in [5, 5.41) is 5.31. The molecule has 1 N–H and O–H groups in total. The lowest BCUT2D eigenvalue weighted by atomic mass is 10.2. The number of ether oxygens (including phenoxy) is 1. The summed E-state index contributed by atoms with van der Waals surface area (Å²) in [6.07, 6.45) is 1.69. The molecular formula is C13H15N3O2S. The smallest absolute Gasteiger partial charge is 0.358 e. The van der Waals surface area contributed by atoms with E-state index in [0.29, 0.717) is 16.6 Å². The maximum absolute atomic E-state index is 11.8. The highest BCUT2D eigenvalue weighted by Crippen LogP contribution is 2.21. The number of aromatic nitrogens is 2. The van der Waals surface area contributed by atoms with Gasteiger partial charge < -0.3 is 10.1 Å². The first-order valence-corrected chi connectivity index (χ1v) is 6.69. The minimum atomic E-state index is -0.519. The summed E-state index contributed by atoms with van der Waals surface area (Å²) in [4.78, 5) is 20.1. The van der Waals surface area contributed by atoms with E-state index in [2.05, 4.69) is 15.3 Å². The number of thiazole rings is 1. The van der Waals surface area contributed by atoms with Crippen molar-refractivity contribution < 1.29 is 9.53 Å². The average Bonchev–Trinajstić information content (AvgIpc) is 2.77. The van der Waals surface area contributed by atoms with E-state index in [-0.39, 0.29) is 0 Å². The lowest BCUT2D eigenvalue weighted by Crippen LogP contribution is -2.24. The first kappa shape index (κ1) is 13.5. The van der Waals surface area contributed by atoms with Crippen LogP contribution in [0.4, 0.5) is 10.9 Å². The molecule has 2 rings (SSSR count). The zero-order valence-corrected chi connectivity index (χ0v) is 11.8. The van der Waals surface area contributed by atoms with Gasteiger partial charge in [-0.05, 0) is 32.9 Å². The van der Waals surface area contributed by atoms with Crippen LogP contribution in [0.5, 0.6) is 0 Å². The zero-order valence-electron chi connectivity index (χ0n) is 11.0. The van der Waals surface area contributed by atoms with Gasteiger partial charge in [0.2, 0.25) is 0 Å². The van der Waals surface area contributed by atoms with Crippen molar-refractivity contribution in [3.8, 4) is 0 Å². The third-order valence-corrected chi connectivity index (χ3v) is 2.77. The first-order chi connectivity index (χ1) is 8.94. The fraction of sp³-hybridized carbons (Fsp3) is 0.308. The number of carbonyl (C=O) groups excluding carboxylic acids is 1. The van der Waals surface area contributed by atoms with Crippen molar-refractivity contribution >= 4 is 28.3 Å². The molecule has 0 unspecified atom stereocenters. The highest BCUT2D eigenvalue weighted by molar-refractivity contribution is 7.14. The molecule has 0 aliphatic heterocycles. The van der Waals surface area contributed by atoms with Crippen LogP contribution in [0.2, 0.25) is 0 Å². The van der Waals surface area contributed by atoms with E-state index in [1.54, 1.807) is 11.6 Å². The molecule has 19 heavy (non-hydrogen) atoms. The molecule has 6 heteroatoms. The zero-order chi connectivity index (χ0) is 13.9. The molecule has 0 saturated carbocycles. The quantitative estimate of drug-likeness (QED) is 0.872. The van der Waals surface area contributed by atoms with Crippen molar-refractivity contribution in [2.45, 2.75) is 26.4 Å². The Morgan fingerprint density at radius 2 is 2.16 bits per heavy atom. The third kappa shape index (κ3) is 4.03. The van der Waals surface area contributed by atoms with Crippen LogP contribution in [0.3, 0.4) is 0 Å². The molecule has 0 aliphatic rings. The molecule has 0 atom stereocenters. The Labute approximate surface area is 115 Å². The molecule has 2 heterocycles. The number of hydrogen-bond acceptors (Lipinski definition) is 6. The van der Waals surface area contributed by atoms with Crippen LogP contribution in [-0.4, -0.2) is 21.5 Å². The van der Waals surface area contributed by atoms with E-state index >= 15 is 0 Å². The second kappa shape index (κ2) is 5.36. The Bertz CT molecular complexity index is 561. The van der Waals surface area contributed by atoms with Crippen LogP contribution in [0, 0.1) is 0 Å². The minimum absolute atomic E-state index is 0.304. The number of hydrogen-bond donors (Lipinski definition) is 1. The van der Waals surface area contributed by atoms with Gasteiger partial charge in [0.25, 0.3) is 0 Å². The largest absolute Gasteiger partial charge is 0.455 e. The van der Waals surface area contributed by atoms with Gasteiger partial charge in [0.1, 0.15) is 11.4 Å². The third-order valence-electron chi connectivity index (χ3n) is 2.01. The van der Waals surface area contributed by atoms with Gasteiger partial charge in [-0.25, -0.2) is 14.8 Å². The van der Waals surface area contributed by atoms with Gasteiger partial charge in [0, 0.05) is 11.6 Å². The van der Waals surface area contributed by atoms with Crippen molar-refractivity contribution in [3.05, 3.63) is 35.5 Å². The number of carbonyl (C=O) groups is 1. The van der Waals surface area contributed by atoms with E-state index in [4.69, 9.17) is 4.74 Å². The summed E-state index contributed by atoms with van der Waals surface area (Å²) >= 11 is 1.34. The second-order valence-corrected chi connectivity index (χ2v) is 5.74. The molecular weight excluding hydrogens is 262 g/mol. The molecule has 0 aromatic carbocycles. The van der Waals surface area contributed by atoms with Gasteiger partial charge in [-0.3, -0.25) is 0 Å². The molecule has 2 aromatic heterocycles. The van der Waals surface area contributed by atoms with Gasteiger partial charge in [-0.15, -0.1) is 11.3 Å². The lowest BCUT2D eigenvalue weighted by molar-refractivity contribution is 0.00638. The van der Waals surface area contributed by atoms with Gasteiger partial charge in [0.05, 0.1) is 0 Å². The molecule has 0 fully saturated rings. The number of rotatable bonds is 3. The summed E-state index contributed by atoms with van der Waals surface area (Å²) < 4.78 is 5.25. The minimum Gasteiger partial charge on any atom is -0.455 e. The molecule has 0 bridgehead atoms. The SMILES string of the molecule is CC(C)(C)OC(=O)c1csc(Nc2ccccn2)n1. The Hall–Kier alpha value is -1.95. The van der Waals surface area contributed by atoms with Crippen LogP contribution in [0.1, 0.15) is 31.3 Å². The van der Waals surface area contributed by atoms with Gasteiger partial charge in [0.15, 0.2) is 10.8 Å². The number of anilines is 2. The van der Waals surface area contributed by atoms with Gasteiger partial charge in [-0.1, -0.05) is 6.07 Å². The standard InChI is InChI=1S/C13H15N3O2S/c1-13(2,3)18-11(17)9-8-19-12(15-9)16-10-6-4-5-7-14-10/h4-8H,1-3H3,(H,14,15,16). The van der Waals surface area contributed by atoms with E-state index in [9.17, 15) is 4.79 Å². The van der Waals surface area contributed by atoms with Crippen molar-refractivity contribution in [2.24, 2.45) is 0 Å². The molecule has 0 aliphatic carbocycles. The fourth-order valence-electron chi connectivity index (χ4n) is 1.30. The highest BCUT2D eigenvalue weighted by atomic mass is 32.1. The molecule has 0 amide bonds.